The first-order valence-electron chi connectivity index (χ1n) is 10.8. The van der Waals surface area contributed by atoms with Gasteiger partial charge in [-0.15, -0.1) is 0 Å². The van der Waals surface area contributed by atoms with E-state index < -0.39 is 22.2 Å². The maximum absolute atomic E-state index is 13.1. The largest absolute Gasteiger partial charge is 0.481 e. The molecule has 0 amide bonds. The molecule has 0 aromatic heterocycles. The van der Waals surface area contributed by atoms with E-state index in [1.807, 2.05) is 0 Å². The molecule has 1 N–H and O–H groups in total. The first-order valence-corrected chi connectivity index (χ1v) is 10.8. The summed E-state index contributed by atoms with van der Waals surface area (Å²) in [5.74, 6) is 0.745. The van der Waals surface area contributed by atoms with Crippen LogP contribution in [0.25, 0.3) is 0 Å². The van der Waals surface area contributed by atoms with Crippen molar-refractivity contribution < 1.29 is 14.6 Å². The monoisotopic (exact) mass is 371 g/mol. The van der Waals surface area contributed by atoms with E-state index in [0.29, 0.717) is 31.5 Å². The lowest BCUT2D eigenvalue weighted by Crippen LogP contribution is -2.62. The Kier molecular flexibility index (Phi) is 4.28. The van der Waals surface area contributed by atoms with Crippen LogP contribution in [0.15, 0.2) is 11.6 Å². The normalized spacial score (nSPS) is 47.0. The number of carboxylic acids is 1. The van der Waals surface area contributed by atoms with Gasteiger partial charge in [-0.3, -0.25) is 4.79 Å². The summed E-state index contributed by atoms with van der Waals surface area (Å²) in [6, 6.07) is 2.68. The van der Waals surface area contributed by atoms with E-state index in [-0.39, 0.29) is 17.8 Å². The molecule has 148 valence electrons. The summed E-state index contributed by atoms with van der Waals surface area (Å²) in [5.41, 5.74) is -1.30. The summed E-state index contributed by atoms with van der Waals surface area (Å²) in [4.78, 5) is 13.1. The van der Waals surface area contributed by atoms with Crippen molar-refractivity contribution in [1.82, 2.24) is 0 Å². The van der Waals surface area contributed by atoms with Crippen LogP contribution in [0, 0.1) is 57.2 Å². The van der Waals surface area contributed by atoms with E-state index in [4.69, 9.17) is 4.74 Å². The average Bonchev–Trinajstić information content (AvgIpc) is 3.19. The highest BCUT2D eigenvalue weighted by Crippen LogP contribution is 2.83. The smallest absolute Gasteiger partial charge is 0.316 e. The molecule has 0 radical (unpaired) electrons. The quantitative estimate of drug-likeness (QED) is 0.544. The van der Waals surface area contributed by atoms with Crippen LogP contribution < -0.4 is 0 Å². The molecule has 0 aromatic rings. The fraction of sp³-hybridized carbons (Fsp3) is 0.826. The van der Waals surface area contributed by atoms with Gasteiger partial charge in [0, 0.05) is 12.0 Å². The fourth-order valence-electron chi connectivity index (χ4n) is 7.94. The molecule has 4 heteroatoms. The maximum Gasteiger partial charge on any atom is 0.316 e. The third-order valence-corrected chi connectivity index (χ3v) is 8.75. The van der Waals surface area contributed by atoms with Crippen molar-refractivity contribution in [2.24, 2.45) is 45.8 Å². The summed E-state index contributed by atoms with van der Waals surface area (Å²) >= 11 is 0. The number of carboxylic acid groups (broad SMARTS) is 1. The van der Waals surface area contributed by atoms with Crippen molar-refractivity contribution in [1.29, 1.82) is 5.26 Å². The molecule has 4 nitrogen and oxygen atoms in total. The van der Waals surface area contributed by atoms with Crippen LogP contribution in [0.1, 0.15) is 59.8 Å². The number of ether oxygens (including phenoxy) is 1. The zero-order valence-corrected chi connectivity index (χ0v) is 17.1. The number of hydrogen-bond donors (Lipinski definition) is 1. The molecule has 3 fully saturated rings. The van der Waals surface area contributed by atoms with Crippen molar-refractivity contribution >= 4 is 5.97 Å². The van der Waals surface area contributed by atoms with Crippen LogP contribution in [-0.4, -0.2) is 24.3 Å². The predicted molar refractivity (Wildman–Crippen MR) is 103 cm³/mol. The Morgan fingerprint density at radius 1 is 1.41 bits per heavy atom. The molecule has 4 aliphatic carbocycles. The van der Waals surface area contributed by atoms with Gasteiger partial charge in [0.2, 0.25) is 0 Å². The highest BCUT2D eigenvalue weighted by Gasteiger charge is 2.84. The van der Waals surface area contributed by atoms with E-state index in [1.54, 1.807) is 0 Å². The van der Waals surface area contributed by atoms with Crippen molar-refractivity contribution in [3.05, 3.63) is 11.6 Å². The number of carbonyl (C=O) groups is 1. The molecule has 3 saturated carbocycles. The highest BCUT2D eigenvalue weighted by molar-refractivity contribution is 5.85. The first-order chi connectivity index (χ1) is 12.8. The molecule has 0 aliphatic heterocycles. The molecule has 27 heavy (non-hydrogen) atoms. The molecular weight excluding hydrogens is 338 g/mol. The van der Waals surface area contributed by atoms with E-state index in [9.17, 15) is 15.2 Å². The number of allylic oxidation sites excluding steroid dienone is 1. The van der Waals surface area contributed by atoms with Gasteiger partial charge in [0.15, 0.2) is 0 Å². The minimum atomic E-state index is -1.08. The number of nitrogens with zero attached hydrogens (tertiary/aromatic N) is 1. The van der Waals surface area contributed by atoms with Gasteiger partial charge < -0.3 is 9.84 Å². The minimum absolute atomic E-state index is 0.139. The maximum atomic E-state index is 13.1. The third kappa shape index (κ3) is 1.95. The Bertz CT molecular complexity index is 722. The van der Waals surface area contributed by atoms with Crippen LogP contribution in [0.5, 0.6) is 0 Å². The SMILES string of the molecule is CCCOC[C@@]12C[C@@H]3[C@H](C)CC[C@H]3[C@@]3(C#N)C[C@@H]1C=C(C(C)C)[C@@]23C(=O)O. The van der Waals surface area contributed by atoms with Gasteiger partial charge >= 0.3 is 5.97 Å². The second-order valence-corrected chi connectivity index (χ2v) is 9.96. The summed E-state index contributed by atoms with van der Waals surface area (Å²) in [7, 11) is 0. The third-order valence-electron chi connectivity index (χ3n) is 8.75. The van der Waals surface area contributed by atoms with Crippen LogP contribution in [0.3, 0.4) is 0 Å². The van der Waals surface area contributed by atoms with Crippen LogP contribution in [0.2, 0.25) is 0 Å². The second kappa shape index (κ2) is 6.08. The van der Waals surface area contributed by atoms with Crippen molar-refractivity contribution in [2.75, 3.05) is 13.2 Å². The number of hydrogen-bond acceptors (Lipinski definition) is 3. The first kappa shape index (κ1) is 19.0. The van der Waals surface area contributed by atoms with Gasteiger partial charge in [0.25, 0.3) is 0 Å². The molecule has 4 rings (SSSR count). The standard InChI is InChI=1S/C23H33NO3/c1-5-8-27-13-22-11-17-15(4)6-7-18(17)21(12-24)10-16(22)9-19(14(2)3)23(21,22)20(25)26/h9,14-18H,5-8,10-11,13H2,1-4H3,(H,25,26)/t15-,16+,17-,18-,21+,22+,23+/m1/s1. The van der Waals surface area contributed by atoms with Gasteiger partial charge in [-0.2, -0.15) is 5.26 Å². The Morgan fingerprint density at radius 3 is 2.74 bits per heavy atom. The molecule has 0 unspecified atom stereocenters. The van der Waals surface area contributed by atoms with Gasteiger partial charge in [-0.25, -0.2) is 0 Å². The Morgan fingerprint density at radius 2 is 2.15 bits per heavy atom. The number of rotatable bonds is 6. The lowest BCUT2D eigenvalue weighted by molar-refractivity contribution is -0.179. The van der Waals surface area contributed by atoms with Crippen molar-refractivity contribution in [3.63, 3.8) is 0 Å². The summed E-state index contributed by atoms with van der Waals surface area (Å²) in [6.07, 6.45) is 6.89. The van der Waals surface area contributed by atoms with Crippen LogP contribution >= 0.6 is 0 Å². The zero-order valence-electron chi connectivity index (χ0n) is 17.1. The van der Waals surface area contributed by atoms with E-state index in [0.717, 1.165) is 31.3 Å². The molecule has 0 aromatic carbocycles. The summed E-state index contributed by atoms with van der Waals surface area (Å²) in [6.45, 7) is 9.70. The van der Waals surface area contributed by atoms with Crippen LogP contribution in [-0.2, 0) is 9.53 Å². The lowest BCUT2D eigenvalue weighted by Gasteiger charge is -2.57. The molecule has 0 heterocycles. The van der Waals surface area contributed by atoms with Gasteiger partial charge in [-0.05, 0) is 55.3 Å². The average molecular weight is 372 g/mol. The highest BCUT2D eigenvalue weighted by atomic mass is 16.5. The molecule has 4 aliphatic rings. The Labute approximate surface area is 163 Å². The molecule has 7 atom stereocenters. The minimum Gasteiger partial charge on any atom is -0.481 e. The predicted octanol–water partition coefficient (Wildman–Crippen LogP) is 4.66. The Hall–Kier alpha value is -1.34. The topological polar surface area (TPSA) is 70.3 Å². The lowest BCUT2D eigenvalue weighted by atomic mass is 9.43. The number of fused-ring (bicyclic) bond motifs is 2. The Balaban J connectivity index is 1.94. The molecule has 4 bridgehead atoms. The number of nitriles is 1. The summed E-state index contributed by atoms with van der Waals surface area (Å²) in [5, 5.41) is 21.3. The van der Waals surface area contributed by atoms with E-state index >= 15 is 0 Å². The van der Waals surface area contributed by atoms with E-state index in [1.165, 1.54) is 0 Å². The molecule has 0 saturated heterocycles. The van der Waals surface area contributed by atoms with Gasteiger partial charge in [0.05, 0.1) is 18.1 Å². The molecular formula is C23H33NO3. The van der Waals surface area contributed by atoms with E-state index in [2.05, 4.69) is 39.8 Å². The van der Waals surface area contributed by atoms with Crippen molar-refractivity contribution in [2.45, 2.75) is 59.8 Å². The van der Waals surface area contributed by atoms with Gasteiger partial charge in [-0.1, -0.05) is 45.8 Å². The summed E-state index contributed by atoms with van der Waals surface area (Å²) < 4.78 is 6.09. The van der Waals surface area contributed by atoms with Crippen LogP contribution in [0.4, 0.5) is 0 Å². The van der Waals surface area contributed by atoms with Crippen molar-refractivity contribution in [3.8, 4) is 6.07 Å². The number of aliphatic carboxylic acids is 1. The molecule has 0 spiro atoms. The van der Waals surface area contributed by atoms with Gasteiger partial charge in [0.1, 0.15) is 5.41 Å². The zero-order chi connectivity index (χ0) is 19.6. The fourth-order valence-corrected chi connectivity index (χ4v) is 7.94. The second-order valence-electron chi connectivity index (χ2n) is 9.96.